The van der Waals surface area contributed by atoms with Crippen molar-refractivity contribution in [1.29, 1.82) is 0 Å². The van der Waals surface area contributed by atoms with E-state index in [1.165, 1.54) is 5.56 Å². The van der Waals surface area contributed by atoms with Crippen molar-refractivity contribution in [2.45, 2.75) is 251 Å². The summed E-state index contributed by atoms with van der Waals surface area (Å²) in [7, 11) is -6.57. The molecule has 1 N–H and O–H groups in total. The maximum Gasteiger partial charge on any atom is 0.303 e. The number of carboxylic acid groups (broad SMARTS) is 1. The summed E-state index contributed by atoms with van der Waals surface area (Å²) in [6.07, 6.45) is 12.8. The van der Waals surface area contributed by atoms with Gasteiger partial charge in [-0.25, -0.2) is 0 Å². The van der Waals surface area contributed by atoms with E-state index in [9.17, 15) is 9.90 Å². The fourth-order valence-corrected chi connectivity index (χ4v) is 29.4. The zero-order valence-corrected chi connectivity index (χ0v) is 44.1. The van der Waals surface area contributed by atoms with E-state index in [2.05, 4.69) is 167 Å². The number of hydrogen-bond donors (Lipinski definition) is 1. The standard InChI is InChI=1S/C50H94O5Si3/c1-35(2)56(36(3)4,37(5)6)53-45(31-30-44-26-22-21-23-27-44)32-33-47-46(28-24-19-20-25-29-50(51)52)48(54-57(38(7)8,39(9)10)40(11)12)34-49(47)55-58(41(13)14,42(15)16)43(17)18/h19,21-24,26-27,35-43,45-49H,20,25,28-34H2,1-18H3,(H,51,52)/t45?,46-,47-,48+,49-/m1/s1. The van der Waals surface area contributed by atoms with Gasteiger partial charge in [-0.15, -0.1) is 0 Å². The summed E-state index contributed by atoms with van der Waals surface area (Å²) in [5, 5.41) is 9.31. The van der Waals surface area contributed by atoms with Crippen molar-refractivity contribution in [3.63, 3.8) is 0 Å². The van der Waals surface area contributed by atoms with Crippen LogP contribution in [0.15, 0.2) is 42.5 Å². The zero-order chi connectivity index (χ0) is 44.2. The molecule has 0 aliphatic heterocycles. The molecule has 0 aromatic heterocycles. The van der Waals surface area contributed by atoms with Crippen LogP contribution in [-0.2, 0) is 24.5 Å². The average molecular weight is 860 g/mol. The molecule has 1 aliphatic rings. The Morgan fingerprint density at radius 1 is 0.621 bits per heavy atom. The molecule has 5 nitrogen and oxygen atoms in total. The Morgan fingerprint density at radius 2 is 1.05 bits per heavy atom. The van der Waals surface area contributed by atoms with E-state index in [4.69, 9.17) is 13.3 Å². The quantitative estimate of drug-likeness (QED) is 0.0542. The molecular formula is C50H94O5Si3. The first-order valence-electron chi connectivity index (χ1n) is 24.0. The monoisotopic (exact) mass is 859 g/mol. The van der Waals surface area contributed by atoms with Crippen LogP contribution in [0.5, 0.6) is 0 Å². The summed E-state index contributed by atoms with van der Waals surface area (Å²) in [5.41, 5.74) is 6.02. The molecule has 0 amide bonds. The maximum absolute atomic E-state index is 11.3. The van der Waals surface area contributed by atoms with E-state index in [-0.39, 0.29) is 24.7 Å². The van der Waals surface area contributed by atoms with Crippen molar-refractivity contribution in [1.82, 2.24) is 0 Å². The second-order valence-corrected chi connectivity index (χ2v) is 37.4. The van der Waals surface area contributed by atoms with Crippen LogP contribution in [0, 0.1) is 11.8 Å². The first kappa shape index (κ1) is 53.1. The highest BCUT2D eigenvalue weighted by atomic mass is 28.4. The van der Waals surface area contributed by atoms with Crippen LogP contribution >= 0.6 is 0 Å². The molecule has 0 heterocycles. The van der Waals surface area contributed by atoms with Gasteiger partial charge in [0, 0.05) is 12.5 Å². The summed E-state index contributed by atoms with van der Waals surface area (Å²) in [5.74, 6) is -0.0307. The topological polar surface area (TPSA) is 65.0 Å². The second-order valence-electron chi connectivity index (χ2n) is 21.2. The van der Waals surface area contributed by atoms with Crippen LogP contribution in [0.3, 0.4) is 0 Å². The van der Waals surface area contributed by atoms with Crippen LogP contribution in [0.4, 0.5) is 0 Å². The lowest BCUT2D eigenvalue weighted by Crippen LogP contribution is -2.51. The largest absolute Gasteiger partial charge is 0.481 e. The molecule has 58 heavy (non-hydrogen) atoms. The molecule has 0 saturated heterocycles. The minimum Gasteiger partial charge on any atom is -0.481 e. The minimum absolute atomic E-state index is 0.134. The summed E-state index contributed by atoms with van der Waals surface area (Å²) in [6.45, 7) is 43.6. The number of rotatable bonds is 27. The highest BCUT2D eigenvalue weighted by Crippen LogP contribution is 2.53. The van der Waals surface area contributed by atoms with Crippen molar-refractivity contribution in [3.8, 4) is 0 Å². The van der Waals surface area contributed by atoms with Gasteiger partial charge in [-0.05, 0) is 119 Å². The smallest absolute Gasteiger partial charge is 0.303 e. The third-order valence-electron chi connectivity index (χ3n) is 14.9. The van der Waals surface area contributed by atoms with Gasteiger partial charge in [0.15, 0.2) is 0 Å². The first-order valence-corrected chi connectivity index (χ1v) is 30.4. The summed E-state index contributed by atoms with van der Waals surface area (Å²) < 4.78 is 23.6. The third-order valence-corrected chi connectivity index (χ3v) is 33.3. The van der Waals surface area contributed by atoms with E-state index in [0.717, 1.165) is 44.9 Å². The molecule has 2 rings (SSSR count). The Labute approximate surface area is 363 Å². The molecule has 1 aromatic carbocycles. The second kappa shape index (κ2) is 24.0. The Kier molecular flexibility index (Phi) is 22.0. The minimum atomic E-state index is -2.22. The van der Waals surface area contributed by atoms with Crippen molar-refractivity contribution < 1.29 is 23.2 Å². The molecule has 1 aliphatic carbocycles. The summed E-state index contributed by atoms with van der Waals surface area (Å²) in [4.78, 5) is 11.3. The lowest BCUT2D eigenvalue weighted by molar-refractivity contribution is -0.137. The number of aryl methyl sites for hydroxylation is 1. The molecular weight excluding hydrogens is 765 g/mol. The Hall–Kier alpha value is -1.04. The molecule has 1 fully saturated rings. The van der Waals surface area contributed by atoms with Gasteiger partial charge >= 0.3 is 5.97 Å². The van der Waals surface area contributed by atoms with Crippen molar-refractivity contribution in [2.24, 2.45) is 11.8 Å². The molecule has 1 saturated carbocycles. The van der Waals surface area contributed by atoms with Crippen molar-refractivity contribution in [2.75, 3.05) is 0 Å². The number of benzene rings is 1. The first-order chi connectivity index (χ1) is 27.0. The Balaban J connectivity index is 2.79. The lowest BCUT2D eigenvalue weighted by atomic mass is 9.85. The van der Waals surface area contributed by atoms with Crippen LogP contribution < -0.4 is 0 Å². The highest BCUT2D eigenvalue weighted by molar-refractivity contribution is 6.78. The highest BCUT2D eigenvalue weighted by Gasteiger charge is 2.55. The van der Waals surface area contributed by atoms with Gasteiger partial charge < -0.3 is 18.4 Å². The predicted octanol–water partition coefficient (Wildman–Crippen LogP) is 15.9. The number of aliphatic carboxylic acids is 1. The van der Waals surface area contributed by atoms with Gasteiger partial charge in [0.2, 0.25) is 25.0 Å². The van der Waals surface area contributed by atoms with Gasteiger partial charge in [0.05, 0.1) is 12.2 Å². The molecule has 336 valence electrons. The average Bonchev–Trinajstić information content (AvgIpc) is 3.43. The molecule has 8 heteroatoms. The van der Waals surface area contributed by atoms with Crippen molar-refractivity contribution in [3.05, 3.63) is 48.0 Å². The van der Waals surface area contributed by atoms with E-state index in [1.807, 2.05) is 0 Å². The van der Waals surface area contributed by atoms with Crippen LogP contribution in [0.1, 0.15) is 182 Å². The summed E-state index contributed by atoms with van der Waals surface area (Å²) in [6, 6.07) is 11.0. The molecule has 5 atom stereocenters. The SMILES string of the molecule is CC(C)[Si](OC(CCc1ccccc1)CC[C@@H]1[C@@H](CC=CCCCC(=O)O)[C@@H](O[Si](C(C)C)(C(C)C)C(C)C)C[C@H]1O[Si](C(C)C)(C(C)C)C(C)C)(C(C)C)C(C)C. The van der Waals surface area contributed by atoms with Gasteiger partial charge in [-0.2, -0.15) is 0 Å². The van der Waals surface area contributed by atoms with Crippen LogP contribution in [0.25, 0.3) is 0 Å². The van der Waals surface area contributed by atoms with E-state index < -0.39 is 30.9 Å². The lowest BCUT2D eigenvalue weighted by Gasteiger charge is -2.46. The number of carbonyl (C=O) groups is 1. The number of unbranched alkanes of at least 4 members (excludes halogenated alkanes) is 1. The van der Waals surface area contributed by atoms with Crippen molar-refractivity contribution >= 4 is 30.9 Å². The normalized spacial score (nSPS) is 20.6. The maximum atomic E-state index is 11.3. The van der Waals surface area contributed by atoms with Gasteiger partial charge in [-0.1, -0.05) is 167 Å². The summed E-state index contributed by atoms with van der Waals surface area (Å²) >= 11 is 0. The van der Waals surface area contributed by atoms with Gasteiger partial charge in [0.1, 0.15) is 0 Å². The predicted molar refractivity (Wildman–Crippen MR) is 259 cm³/mol. The molecule has 0 spiro atoms. The Bertz CT molecular complexity index is 1270. The van der Waals surface area contributed by atoms with E-state index in [0.29, 0.717) is 68.1 Å². The fraction of sp³-hybridized carbons (Fsp3) is 0.820. The third kappa shape index (κ3) is 13.0. The molecule has 1 aromatic rings. The van der Waals surface area contributed by atoms with Gasteiger partial charge in [0.25, 0.3) is 0 Å². The number of allylic oxidation sites excluding steroid dienone is 2. The number of carboxylic acids is 1. The fourth-order valence-electron chi connectivity index (χ4n) is 12.5. The molecule has 0 radical (unpaired) electrons. The van der Waals surface area contributed by atoms with Crippen LogP contribution in [-0.4, -0.2) is 54.3 Å². The molecule has 0 bridgehead atoms. The van der Waals surface area contributed by atoms with E-state index >= 15 is 0 Å². The van der Waals surface area contributed by atoms with Gasteiger partial charge in [-0.3, -0.25) is 4.79 Å². The zero-order valence-electron chi connectivity index (χ0n) is 41.1. The van der Waals surface area contributed by atoms with E-state index in [1.54, 1.807) is 0 Å². The van der Waals surface area contributed by atoms with Crippen LogP contribution in [0.2, 0.25) is 49.9 Å². The molecule has 1 unspecified atom stereocenters. The number of hydrogen-bond acceptors (Lipinski definition) is 4. The Morgan fingerprint density at radius 3 is 1.47 bits per heavy atom.